The van der Waals surface area contributed by atoms with Gasteiger partial charge in [0.2, 0.25) is 0 Å². The quantitative estimate of drug-likeness (QED) is 0.397. The SMILES string of the molecule is CO[C@@H]1C[C@H](O[C@H]2CC[C@@]3(C)C(=CC[C@@]4(O)[C@@H]3C=C[C@]35C(=O)O[C@@H](C)[C@H]3CC[C@]45O)C2)O[C@H](C)[C@@H]1O. The van der Waals surface area contributed by atoms with Crippen molar-refractivity contribution >= 4 is 5.97 Å². The van der Waals surface area contributed by atoms with Crippen LogP contribution in [0.2, 0.25) is 0 Å². The first-order chi connectivity index (χ1) is 17.0. The van der Waals surface area contributed by atoms with E-state index in [9.17, 15) is 20.1 Å². The lowest BCUT2D eigenvalue weighted by Gasteiger charge is -2.61. The van der Waals surface area contributed by atoms with E-state index < -0.39 is 35.0 Å². The fraction of sp³-hybridized carbons (Fsp3) is 0.821. The van der Waals surface area contributed by atoms with E-state index in [4.69, 9.17) is 18.9 Å². The minimum atomic E-state index is -1.55. The monoisotopic (exact) mass is 504 g/mol. The lowest BCUT2D eigenvalue weighted by atomic mass is 9.46. The number of fused-ring (bicyclic) bond motifs is 4. The van der Waals surface area contributed by atoms with Crippen molar-refractivity contribution in [2.45, 2.75) is 114 Å². The molecule has 0 unspecified atom stereocenters. The highest BCUT2D eigenvalue weighted by molar-refractivity contribution is 5.85. The van der Waals surface area contributed by atoms with E-state index in [0.717, 1.165) is 19.3 Å². The second-order valence-electron chi connectivity index (χ2n) is 12.4. The predicted molar refractivity (Wildman–Crippen MR) is 129 cm³/mol. The summed E-state index contributed by atoms with van der Waals surface area (Å²) < 4.78 is 23.3. The number of aliphatic hydroxyl groups excluding tert-OH is 1. The zero-order valence-corrected chi connectivity index (χ0v) is 21.7. The molecule has 4 aliphatic carbocycles. The first-order valence-electron chi connectivity index (χ1n) is 13.6. The Kier molecular flexibility index (Phi) is 5.63. The molecule has 4 fully saturated rings. The van der Waals surface area contributed by atoms with Crippen LogP contribution in [0.25, 0.3) is 0 Å². The van der Waals surface area contributed by atoms with E-state index in [1.807, 2.05) is 26.0 Å². The number of rotatable bonds is 3. The van der Waals surface area contributed by atoms with Gasteiger partial charge in [-0.05, 0) is 57.8 Å². The minimum Gasteiger partial charge on any atom is -0.462 e. The summed E-state index contributed by atoms with van der Waals surface area (Å²) in [7, 11) is 1.59. The minimum absolute atomic E-state index is 0.0380. The van der Waals surface area contributed by atoms with Gasteiger partial charge in [0, 0.05) is 25.4 Å². The van der Waals surface area contributed by atoms with E-state index in [1.54, 1.807) is 7.11 Å². The third kappa shape index (κ3) is 3.00. The molecule has 1 spiro atoms. The van der Waals surface area contributed by atoms with Crippen LogP contribution < -0.4 is 0 Å². The third-order valence-corrected chi connectivity index (χ3v) is 10.9. The Morgan fingerprint density at radius 3 is 2.67 bits per heavy atom. The van der Waals surface area contributed by atoms with Crippen LogP contribution in [0.3, 0.4) is 0 Å². The smallest absolute Gasteiger partial charge is 0.319 e. The molecule has 2 saturated heterocycles. The molecule has 0 bridgehead atoms. The number of hydrogen-bond acceptors (Lipinski definition) is 8. The van der Waals surface area contributed by atoms with Crippen molar-refractivity contribution in [1.82, 2.24) is 0 Å². The number of carbonyl (C=O) groups is 1. The molecule has 6 rings (SSSR count). The van der Waals surface area contributed by atoms with E-state index in [2.05, 4.69) is 13.0 Å². The van der Waals surface area contributed by atoms with Crippen LogP contribution >= 0.6 is 0 Å². The summed E-state index contributed by atoms with van der Waals surface area (Å²) in [4.78, 5) is 13.1. The fourth-order valence-electron chi connectivity index (χ4n) is 8.80. The standard InChI is InChI=1S/C28H40O8/c1-15-19-7-12-28(32)26(19,24(30)35-15)10-8-21-25(3)9-6-18(13-17(25)5-11-27(21,28)31)36-22-14-20(33-4)23(29)16(2)34-22/h5,8,10,15-16,18-23,29,31-32H,6-7,9,11-14H2,1-4H3/t15-,16+,18-,19+,20+,21+,22-,23-,25-,26+,27+,28+/m0/s1. The van der Waals surface area contributed by atoms with Crippen molar-refractivity contribution in [2.75, 3.05) is 7.11 Å². The van der Waals surface area contributed by atoms with Crippen LogP contribution in [0.15, 0.2) is 23.8 Å². The molecule has 12 atom stereocenters. The Morgan fingerprint density at radius 1 is 1.14 bits per heavy atom. The zero-order chi connectivity index (χ0) is 25.7. The number of aliphatic hydroxyl groups is 3. The van der Waals surface area contributed by atoms with Gasteiger partial charge in [0.1, 0.15) is 28.8 Å². The molecule has 2 heterocycles. The Hall–Kier alpha value is -1.29. The van der Waals surface area contributed by atoms with Crippen molar-refractivity contribution in [2.24, 2.45) is 22.7 Å². The van der Waals surface area contributed by atoms with Crippen LogP contribution in [0, 0.1) is 22.7 Å². The maximum atomic E-state index is 13.1. The maximum Gasteiger partial charge on any atom is 0.319 e. The van der Waals surface area contributed by atoms with Gasteiger partial charge in [0.25, 0.3) is 0 Å². The van der Waals surface area contributed by atoms with Gasteiger partial charge in [-0.3, -0.25) is 4.79 Å². The highest BCUT2D eigenvalue weighted by Crippen LogP contribution is 2.69. The van der Waals surface area contributed by atoms with Crippen molar-refractivity contribution in [3.05, 3.63) is 23.8 Å². The van der Waals surface area contributed by atoms with Gasteiger partial charge in [0.05, 0.1) is 18.3 Å². The molecule has 0 radical (unpaired) electrons. The number of hydrogen-bond donors (Lipinski definition) is 3. The van der Waals surface area contributed by atoms with Crippen molar-refractivity contribution in [1.29, 1.82) is 0 Å². The number of methoxy groups -OCH3 is 1. The molecule has 0 aromatic rings. The van der Waals surface area contributed by atoms with Crippen LogP contribution in [0.5, 0.6) is 0 Å². The van der Waals surface area contributed by atoms with Gasteiger partial charge in [-0.15, -0.1) is 0 Å². The van der Waals surface area contributed by atoms with E-state index >= 15 is 0 Å². The fourth-order valence-corrected chi connectivity index (χ4v) is 8.80. The summed E-state index contributed by atoms with van der Waals surface area (Å²) >= 11 is 0. The Bertz CT molecular complexity index is 994. The molecule has 0 amide bonds. The first kappa shape index (κ1) is 25.0. The van der Waals surface area contributed by atoms with E-state index in [0.29, 0.717) is 25.7 Å². The largest absolute Gasteiger partial charge is 0.462 e. The molecule has 8 nitrogen and oxygen atoms in total. The zero-order valence-electron chi connectivity index (χ0n) is 21.7. The number of esters is 1. The lowest BCUT2D eigenvalue weighted by Crippen LogP contribution is -2.71. The molecular formula is C28H40O8. The summed E-state index contributed by atoms with van der Waals surface area (Å²) in [5.41, 5.74) is -3.28. The molecule has 0 aromatic carbocycles. The third-order valence-electron chi connectivity index (χ3n) is 10.9. The molecule has 2 saturated carbocycles. The van der Waals surface area contributed by atoms with Crippen LogP contribution in [0.1, 0.15) is 65.7 Å². The highest BCUT2D eigenvalue weighted by Gasteiger charge is 2.78. The van der Waals surface area contributed by atoms with Crippen molar-refractivity contribution < 1.29 is 39.1 Å². The number of carbonyl (C=O) groups excluding carboxylic acids is 1. The van der Waals surface area contributed by atoms with Gasteiger partial charge in [-0.2, -0.15) is 0 Å². The van der Waals surface area contributed by atoms with Crippen LogP contribution in [-0.4, -0.2) is 76.4 Å². The molecule has 6 aliphatic rings. The Labute approximate surface area is 212 Å². The van der Waals surface area contributed by atoms with Crippen molar-refractivity contribution in [3.8, 4) is 0 Å². The topological polar surface area (TPSA) is 115 Å². The highest BCUT2D eigenvalue weighted by atomic mass is 16.7. The predicted octanol–water partition coefficient (Wildman–Crippen LogP) is 2.39. The van der Waals surface area contributed by atoms with Gasteiger partial charge in [0.15, 0.2) is 6.29 Å². The molecule has 0 aromatic heterocycles. The molecule has 2 aliphatic heterocycles. The van der Waals surface area contributed by atoms with Crippen LogP contribution in [0.4, 0.5) is 0 Å². The molecule has 3 N–H and O–H groups in total. The average molecular weight is 505 g/mol. The molecular weight excluding hydrogens is 464 g/mol. The average Bonchev–Trinajstić information content (AvgIpc) is 3.29. The molecule has 36 heavy (non-hydrogen) atoms. The lowest BCUT2D eigenvalue weighted by molar-refractivity contribution is -0.267. The van der Waals surface area contributed by atoms with Gasteiger partial charge in [-0.25, -0.2) is 0 Å². The summed E-state index contributed by atoms with van der Waals surface area (Å²) in [5.74, 6) is -0.824. The Morgan fingerprint density at radius 2 is 1.92 bits per heavy atom. The summed E-state index contributed by atoms with van der Waals surface area (Å²) in [6.45, 7) is 5.89. The van der Waals surface area contributed by atoms with Gasteiger partial charge in [-0.1, -0.05) is 30.7 Å². The maximum absolute atomic E-state index is 13.1. The molecule has 8 heteroatoms. The van der Waals surface area contributed by atoms with E-state index in [-0.39, 0.29) is 41.7 Å². The van der Waals surface area contributed by atoms with E-state index in [1.165, 1.54) is 5.57 Å². The summed E-state index contributed by atoms with van der Waals surface area (Å²) in [5, 5.41) is 34.7. The Balaban J connectivity index is 1.25. The van der Waals surface area contributed by atoms with Crippen LogP contribution in [-0.2, 0) is 23.7 Å². The molecule has 200 valence electrons. The normalized spacial score (nSPS) is 55.8. The summed E-state index contributed by atoms with van der Waals surface area (Å²) in [6, 6.07) is 0. The van der Waals surface area contributed by atoms with Crippen molar-refractivity contribution in [3.63, 3.8) is 0 Å². The number of ether oxygens (including phenoxy) is 4. The second kappa shape index (κ2) is 8.10. The first-order valence-corrected chi connectivity index (χ1v) is 13.6. The summed E-state index contributed by atoms with van der Waals surface area (Å²) in [6.07, 6.45) is 7.98. The second-order valence-corrected chi connectivity index (χ2v) is 12.4. The van der Waals surface area contributed by atoms with Gasteiger partial charge >= 0.3 is 5.97 Å². The number of cyclic esters (lactones) is 1. The van der Waals surface area contributed by atoms with Gasteiger partial charge < -0.3 is 34.3 Å².